The monoisotopic (exact) mass is 330 g/mol. The van der Waals surface area contributed by atoms with E-state index in [1.807, 2.05) is 50.4 Å². The number of nitrogens with zero attached hydrogens (tertiary/aromatic N) is 1. The molecule has 126 valence electrons. The Kier molecular flexibility index (Phi) is 4.94. The van der Waals surface area contributed by atoms with Gasteiger partial charge in [0.1, 0.15) is 0 Å². The third-order valence-electron chi connectivity index (χ3n) is 4.40. The zero-order valence-corrected chi connectivity index (χ0v) is 14.8. The van der Waals surface area contributed by atoms with Gasteiger partial charge in [-0.1, -0.05) is 42.0 Å². The molecule has 1 atom stereocenters. The number of hydrogen-bond acceptors (Lipinski definition) is 2. The van der Waals surface area contributed by atoms with E-state index < -0.39 is 0 Å². The third-order valence-corrected chi connectivity index (χ3v) is 4.40. The third kappa shape index (κ3) is 3.94. The molecule has 3 heteroatoms. The van der Waals surface area contributed by atoms with Gasteiger partial charge in [-0.05, 0) is 61.2 Å². The van der Waals surface area contributed by atoms with Crippen LogP contribution >= 0.6 is 0 Å². The summed E-state index contributed by atoms with van der Waals surface area (Å²) < 4.78 is 0. The van der Waals surface area contributed by atoms with Crippen molar-refractivity contribution in [3.8, 4) is 11.1 Å². The number of carbonyl (C=O) groups excluding carboxylic acids is 1. The van der Waals surface area contributed by atoms with Gasteiger partial charge in [-0.2, -0.15) is 0 Å². The van der Waals surface area contributed by atoms with Gasteiger partial charge >= 0.3 is 0 Å². The first-order valence-corrected chi connectivity index (χ1v) is 8.43. The molecule has 3 rings (SSSR count). The molecule has 0 saturated carbocycles. The van der Waals surface area contributed by atoms with Gasteiger partial charge in [-0.3, -0.25) is 9.78 Å². The molecule has 0 saturated heterocycles. The molecule has 0 unspecified atom stereocenters. The van der Waals surface area contributed by atoms with Crippen LogP contribution in [0, 0.1) is 13.8 Å². The average Bonchev–Trinajstić information content (AvgIpc) is 2.63. The number of aromatic nitrogens is 1. The Labute approximate surface area is 148 Å². The van der Waals surface area contributed by atoms with Crippen LogP contribution in [-0.2, 0) is 0 Å². The van der Waals surface area contributed by atoms with E-state index >= 15 is 0 Å². The Morgan fingerprint density at radius 3 is 2.28 bits per heavy atom. The van der Waals surface area contributed by atoms with Gasteiger partial charge in [0.25, 0.3) is 5.91 Å². The maximum Gasteiger partial charge on any atom is 0.251 e. The number of aryl methyl sites for hydroxylation is 2. The summed E-state index contributed by atoms with van der Waals surface area (Å²) in [6.07, 6.45) is 3.63. The van der Waals surface area contributed by atoms with Crippen LogP contribution in [0.15, 0.2) is 67.0 Å². The van der Waals surface area contributed by atoms with Gasteiger partial charge in [-0.25, -0.2) is 0 Å². The molecule has 0 aliphatic carbocycles. The minimum Gasteiger partial charge on any atom is -0.346 e. The zero-order valence-electron chi connectivity index (χ0n) is 14.8. The van der Waals surface area contributed by atoms with E-state index in [0.29, 0.717) is 5.56 Å². The second kappa shape index (κ2) is 7.31. The van der Waals surface area contributed by atoms with Crippen molar-refractivity contribution in [1.82, 2.24) is 10.3 Å². The van der Waals surface area contributed by atoms with Crippen molar-refractivity contribution in [3.05, 3.63) is 89.2 Å². The SMILES string of the molecule is Cc1ccc([C@@H](C)NC(=O)c2ccc(-c3ccncc3C)cc2)cc1. The first-order chi connectivity index (χ1) is 12.0. The number of nitrogens with one attached hydrogen (secondary N) is 1. The number of rotatable bonds is 4. The van der Waals surface area contributed by atoms with Crippen LogP contribution in [-0.4, -0.2) is 10.9 Å². The van der Waals surface area contributed by atoms with Crippen molar-refractivity contribution >= 4 is 5.91 Å². The van der Waals surface area contributed by atoms with Crippen molar-refractivity contribution < 1.29 is 4.79 Å². The summed E-state index contributed by atoms with van der Waals surface area (Å²) in [4.78, 5) is 16.6. The Balaban J connectivity index is 1.72. The second-order valence-corrected chi connectivity index (χ2v) is 6.37. The number of pyridine rings is 1. The van der Waals surface area contributed by atoms with Gasteiger partial charge < -0.3 is 5.32 Å². The predicted molar refractivity (Wildman–Crippen MR) is 101 cm³/mol. The molecule has 0 radical (unpaired) electrons. The van der Waals surface area contributed by atoms with E-state index in [-0.39, 0.29) is 11.9 Å². The predicted octanol–water partition coefficient (Wildman–Crippen LogP) is 4.86. The van der Waals surface area contributed by atoms with Gasteiger partial charge in [0.05, 0.1) is 6.04 Å². The molecule has 0 fully saturated rings. The largest absolute Gasteiger partial charge is 0.346 e. The molecule has 0 bridgehead atoms. The lowest BCUT2D eigenvalue weighted by Crippen LogP contribution is -2.26. The lowest BCUT2D eigenvalue weighted by atomic mass is 10.0. The average molecular weight is 330 g/mol. The fourth-order valence-electron chi connectivity index (χ4n) is 2.82. The molecule has 0 spiro atoms. The van der Waals surface area contributed by atoms with Crippen molar-refractivity contribution in [2.45, 2.75) is 26.8 Å². The van der Waals surface area contributed by atoms with E-state index in [4.69, 9.17) is 0 Å². The molecular formula is C22H22N2O. The molecule has 1 aromatic heterocycles. The molecular weight excluding hydrogens is 308 g/mol. The summed E-state index contributed by atoms with van der Waals surface area (Å²) in [5, 5.41) is 3.05. The lowest BCUT2D eigenvalue weighted by molar-refractivity contribution is 0.0940. The molecule has 2 aromatic carbocycles. The fourth-order valence-corrected chi connectivity index (χ4v) is 2.82. The maximum atomic E-state index is 12.5. The Hall–Kier alpha value is -2.94. The van der Waals surface area contributed by atoms with E-state index in [1.165, 1.54) is 5.56 Å². The smallest absolute Gasteiger partial charge is 0.251 e. The number of amides is 1. The highest BCUT2D eigenvalue weighted by Crippen LogP contribution is 2.23. The first-order valence-electron chi connectivity index (χ1n) is 8.43. The molecule has 1 heterocycles. The molecule has 3 nitrogen and oxygen atoms in total. The molecule has 0 aliphatic heterocycles. The molecule has 3 aromatic rings. The first kappa shape index (κ1) is 16.9. The normalized spacial score (nSPS) is 11.8. The van der Waals surface area contributed by atoms with E-state index in [1.54, 1.807) is 6.20 Å². The summed E-state index contributed by atoms with van der Waals surface area (Å²) in [6, 6.07) is 17.9. The fraction of sp³-hybridized carbons (Fsp3) is 0.182. The Morgan fingerprint density at radius 1 is 0.960 bits per heavy atom. The Morgan fingerprint density at radius 2 is 1.64 bits per heavy atom. The van der Waals surface area contributed by atoms with Gasteiger partial charge in [0.2, 0.25) is 0 Å². The van der Waals surface area contributed by atoms with Crippen LogP contribution in [0.3, 0.4) is 0 Å². The van der Waals surface area contributed by atoms with Crippen LogP contribution < -0.4 is 5.32 Å². The van der Waals surface area contributed by atoms with Gasteiger partial charge in [0.15, 0.2) is 0 Å². The molecule has 0 aliphatic rings. The van der Waals surface area contributed by atoms with Crippen LogP contribution in [0.25, 0.3) is 11.1 Å². The summed E-state index contributed by atoms with van der Waals surface area (Å²) >= 11 is 0. The molecule has 1 amide bonds. The number of benzene rings is 2. The van der Waals surface area contributed by atoms with Crippen LogP contribution in [0.5, 0.6) is 0 Å². The van der Waals surface area contributed by atoms with E-state index in [0.717, 1.165) is 22.3 Å². The minimum absolute atomic E-state index is 0.0322. The van der Waals surface area contributed by atoms with E-state index in [9.17, 15) is 4.79 Å². The van der Waals surface area contributed by atoms with Crippen LogP contribution in [0.4, 0.5) is 0 Å². The summed E-state index contributed by atoms with van der Waals surface area (Å²) in [5.74, 6) is -0.0638. The highest BCUT2D eigenvalue weighted by Gasteiger charge is 2.12. The highest BCUT2D eigenvalue weighted by molar-refractivity contribution is 5.95. The topological polar surface area (TPSA) is 42.0 Å². The minimum atomic E-state index is -0.0638. The van der Waals surface area contributed by atoms with Crippen molar-refractivity contribution in [1.29, 1.82) is 0 Å². The van der Waals surface area contributed by atoms with Gasteiger partial charge in [-0.15, -0.1) is 0 Å². The van der Waals surface area contributed by atoms with Crippen molar-refractivity contribution in [3.63, 3.8) is 0 Å². The number of carbonyl (C=O) groups is 1. The number of hydrogen-bond donors (Lipinski definition) is 1. The molecule has 25 heavy (non-hydrogen) atoms. The second-order valence-electron chi connectivity index (χ2n) is 6.37. The van der Waals surface area contributed by atoms with Crippen molar-refractivity contribution in [2.24, 2.45) is 0 Å². The van der Waals surface area contributed by atoms with Crippen LogP contribution in [0.1, 0.15) is 40.0 Å². The maximum absolute atomic E-state index is 12.5. The summed E-state index contributed by atoms with van der Waals surface area (Å²) in [7, 11) is 0. The quantitative estimate of drug-likeness (QED) is 0.742. The lowest BCUT2D eigenvalue weighted by Gasteiger charge is -2.15. The zero-order chi connectivity index (χ0) is 17.8. The Bertz CT molecular complexity index is 867. The highest BCUT2D eigenvalue weighted by atomic mass is 16.1. The summed E-state index contributed by atoms with van der Waals surface area (Å²) in [5.41, 5.74) is 6.31. The summed E-state index contributed by atoms with van der Waals surface area (Å²) in [6.45, 7) is 6.09. The van der Waals surface area contributed by atoms with E-state index in [2.05, 4.69) is 41.5 Å². The van der Waals surface area contributed by atoms with Crippen LogP contribution in [0.2, 0.25) is 0 Å². The van der Waals surface area contributed by atoms with Crippen molar-refractivity contribution in [2.75, 3.05) is 0 Å². The molecule has 1 N–H and O–H groups in total. The van der Waals surface area contributed by atoms with Gasteiger partial charge in [0, 0.05) is 18.0 Å². The standard InChI is InChI=1S/C22H22N2O/c1-15-4-6-18(7-5-15)17(3)24-22(25)20-10-8-19(9-11-20)21-12-13-23-14-16(21)2/h4-14,17H,1-3H3,(H,24,25)/t17-/m1/s1.